The molecular formula is C26H20O2. The Bertz CT molecular complexity index is 1330. The second-order valence-electron chi connectivity index (χ2n) is 6.97. The van der Waals surface area contributed by atoms with Gasteiger partial charge in [-0.1, -0.05) is 66.7 Å². The van der Waals surface area contributed by atoms with Crippen molar-refractivity contribution in [2.75, 3.05) is 6.61 Å². The molecule has 0 aliphatic heterocycles. The quantitative estimate of drug-likeness (QED) is 0.352. The summed E-state index contributed by atoms with van der Waals surface area (Å²) >= 11 is 0. The normalized spacial score (nSPS) is 11.3. The van der Waals surface area contributed by atoms with Crippen LogP contribution in [0.5, 0.6) is 11.5 Å². The molecule has 0 fully saturated rings. The van der Waals surface area contributed by atoms with Crippen molar-refractivity contribution < 1.29 is 9.84 Å². The van der Waals surface area contributed by atoms with E-state index in [2.05, 4.69) is 54.6 Å². The van der Waals surface area contributed by atoms with Gasteiger partial charge in [-0.2, -0.15) is 0 Å². The molecule has 5 aromatic carbocycles. The van der Waals surface area contributed by atoms with E-state index in [-0.39, 0.29) is 5.75 Å². The highest BCUT2D eigenvalue weighted by molar-refractivity contribution is 6.17. The molecule has 0 aliphatic rings. The van der Waals surface area contributed by atoms with E-state index >= 15 is 0 Å². The summed E-state index contributed by atoms with van der Waals surface area (Å²) < 4.78 is 5.85. The number of aromatic hydroxyl groups is 1. The standard InChI is InChI=1S/C26H20O2/c1-2-28-24-16-23(27)25(20-12-11-17-7-3-4-9-19(17)15-20)26-21-10-6-5-8-18(21)13-14-22(24)26/h3-16,27H,2H2,1H3. The van der Waals surface area contributed by atoms with E-state index in [1.165, 1.54) is 5.39 Å². The first-order chi connectivity index (χ1) is 13.8. The van der Waals surface area contributed by atoms with Crippen LogP contribution in [0, 0.1) is 0 Å². The number of phenolic OH excluding ortho intramolecular Hbond substituents is 1. The van der Waals surface area contributed by atoms with Gasteiger partial charge in [0, 0.05) is 22.4 Å². The van der Waals surface area contributed by atoms with E-state index in [1.807, 2.05) is 31.2 Å². The molecule has 28 heavy (non-hydrogen) atoms. The Morgan fingerprint density at radius 1 is 0.714 bits per heavy atom. The zero-order valence-corrected chi connectivity index (χ0v) is 15.6. The fraction of sp³-hybridized carbons (Fsp3) is 0.0769. The van der Waals surface area contributed by atoms with Crippen LogP contribution in [-0.2, 0) is 0 Å². The number of ether oxygens (including phenoxy) is 1. The topological polar surface area (TPSA) is 29.5 Å². The van der Waals surface area contributed by atoms with Gasteiger partial charge in [0.1, 0.15) is 11.5 Å². The predicted octanol–water partition coefficient (Wildman–Crippen LogP) is 6.92. The van der Waals surface area contributed by atoms with Crippen molar-refractivity contribution in [3.8, 4) is 22.6 Å². The lowest BCUT2D eigenvalue weighted by Crippen LogP contribution is -1.94. The largest absolute Gasteiger partial charge is 0.507 e. The number of fused-ring (bicyclic) bond motifs is 4. The molecule has 0 saturated heterocycles. The van der Waals surface area contributed by atoms with Crippen molar-refractivity contribution in [2.24, 2.45) is 0 Å². The number of phenols is 1. The van der Waals surface area contributed by atoms with E-state index < -0.39 is 0 Å². The van der Waals surface area contributed by atoms with Crippen molar-refractivity contribution in [1.29, 1.82) is 0 Å². The Labute approximate surface area is 163 Å². The first kappa shape index (κ1) is 16.6. The molecule has 136 valence electrons. The highest BCUT2D eigenvalue weighted by Gasteiger charge is 2.17. The molecule has 2 nitrogen and oxygen atoms in total. The summed E-state index contributed by atoms with van der Waals surface area (Å²) in [6, 6.07) is 28.8. The first-order valence-electron chi connectivity index (χ1n) is 9.55. The molecule has 2 heteroatoms. The van der Waals surface area contributed by atoms with Crippen LogP contribution in [0.3, 0.4) is 0 Å². The minimum Gasteiger partial charge on any atom is -0.507 e. The highest BCUT2D eigenvalue weighted by atomic mass is 16.5. The molecule has 0 aliphatic carbocycles. The molecule has 0 aromatic heterocycles. The average Bonchev–Trinajstić information content (AvgIpc) is 2.73. The molecule has 0 heterocycles. The van der Waals surface area contributed by atoms with Crippen LogP contribution in [0.15, 0.2) is 84.9 Å². The molecule has 0 radical (unpaired) electrons. The van der Waals surface area contributed by atoms with Gasteiger partial charge in [-0.05, 0) is 46.2 Å². The van der Waals surface area contributed by atoms with Gasteiger partial charge in [0.25, 0.3) is 0 Å². The first-order valence-corrected chi connectivity index (χ1v) is 9.55. The molecule has 1 N–H and O–H groups in total. The lowest BCUT2D eigenvalue weighted by Gasteiger charge is -2.16. The van der Waals surface area contributed by atoms with Gasteiger partial charge in [0.2, 0.25) is 0 Å². The summed E-state index contributed by atoms with van der Waals surface area (Å²) in [5.74, 6) is 0.952. The Hall–Kier alpha value is -3.52. The maximum Gasteiger partial charge on any atom is 0.130 e. The van der Waals surface area contributed by atoms with Gasteiger partial charge < -0.3 is 9.84 Å². The van der Waals surface area contributed by atoms with Crippen LogP contribution in [0.1, 0.15) is 6.92 Å². The fourth-order valence-electron chi connectivity index (χ4n) is 4.06. The number of hydrogen-bond donors (Lipinski definition) is 1. The van der Waals surface area contributed by atoms with Gasteiger partial charge in [-0.3, -0.25) is 0 Å². The number of benzene rings is 5. The third-order valence-corrected chi connectivity index (χ3v) is 5.31. The summed E-state index contributed by atoms with van der Waals surface area (Å²) in [7, 11) is 0. The zero-order chi connectivity index (χ0) is 19.1. The van der Waals surface area contributed by atoms with E-state index in [1.54, 1.807) is 6.07 Å². The Morgan fingerprint density at radius 3 is 2.25 bits per heavy atom. The molecule has 0 spiro atoms. The van der Waals surface area contributed by atoms with Crippen molar-refractivity contribution in [1.82, 2.24) is 0 Å². The Balaban J connectivity index is 1.92. The monoisotopic (exact) mass is 364 g/mol. The van der Waals surface area contributed by atoms with Gasteiger partial charge in [0.15, 0.2) is 0 Å². The summed E-state index contributed by atoms with van der Waals surface area (Å²) in [6.45, 7) is 2.51. The minimum atomic E-state index is 0.239. The van der Waals surface area contributed by atoms with E-state index in [9.17, 15) is 5.11 Å². The van der Waals surface area contributed by atoms with E-state index in [0.29, 0.717) is 12.4 Å². The molecular weight excluding hydrogens is 344 g/mol. The van der Waals surface area contributed by atoms with E-state index in [0.717, 1.165) is 38.1 Å². The second kappa shape index (κ2) is 6.58. The van der Waals surface area contributed by atoms with Gasteiger partial charge >= 0.3 is 0 Å². The average molecular weight is 364 g/mol. The smallest absolute Gasteiger partial charge is 0.130 e. The van der Waals surface area contributed by atoms with Gasteiger partial charge in [-0.25, -0.2) is 0 Å². The van der Waals surface area contributed by atoms with Crippen molar-refractivity contribution in [3.05, 3.63) is 84.9 Å². The lowest BCUT2D eigenvalue weighted by molar-refractivity contribution is 0.342. The number of rotatable bonds is 3. The Morgan fingerprint density at radius 2 is 1.43 bits per heavy atom. The molecule has 5 aromatic rings. The maximum absolute atomic E-state index is 11.0. The summed E-state index contributed by atoms with van der Waals surface area (Å²) in [6.07, 6.45) is 0. The van der Waals surface area contributed by atoms with Crippen molar-refractivity contribution >= 4 is 32.3 Å². The molecule has 5 rings (SSSR count). The third-order valence-electron chi connectivity index (χ3n) is 5.31. The fourth-order valence-corrected chi connectivity index (χ4v) is 4.06. The highest BCUT2D eigenvalue weighted by Crippen LogP contribution is 2.45. The second-order valence-corrected chi connectivity index (χ2v) is 6.97. The molecule has 0 unspecified atom stereocenters. The maximum atomic E-state index is 11.0. The van der Waals surface area contributed by atoms with Crippen LogP contribution in [-0.4, -0.2) is 11.7 Å². The van der Waals surface area contributed by atoms with Crippen molar-refractivity contribution in [3.63, 3.8) is 0 Å². The molecule has 0 saturated carbocycles. The van der Waals surface area contributed by atoms with Gasteiger partial charge in [-0.15, -0.1) is 0 Å². The summed E-state index contributed by atoms with van der Waals surface area (Å²) in [5.41, 5.74) is 1.85. The van der Waals surface area contributed by atoms with Crippen LogP contribution in [0.2, 0.25) is 0 Å². The van der Waals surface area contributed by atoms with Crippen LogP contribution in [0.25, 0.3) is 43.4 Å². The SMILES string of the molecule is CCOc1cc(O)c(-c2ccc3ccccc3c2)c2c1ccc1ccccc12. The summed E-state index contributed by atoms with van der Waals surface area (Å²) in [4.78, 5) is 0. The Kier molecular flexibility index (Phi) is 3.91. The van der Waals surface area contributed by atoms with Crippen LogP contribution < -0.4 is 4.74 Å². The van der Waals surface area contributed by atoms with Crippen LogP contribution >= 0.6 is 0 Å². The predicted molar refractivity (Wildman–Crippen MR) is 117 cm³/mol. The molecule has 0 bridgehead atoms. The molecule has 0 amide bonds. The molecule has 0 atom stereocenters. The third kappa shape index (κ3) is 2.57. The summed E-state index contributed by atoms with van der Waals surface area (Å²) in [5, 5.41) is 17.7. The lowest BCUT2D eigenvalue weighted by atomic mass is 9.91. The number of hydrogen-bond acceptors (Lipinski definition) is 2. The van der Waals surface area contributed by atoms with Crippen molar-refractivity contribution in [2.45, 2.75) is 6.92 Å². The zero-order valence-electron chi connectivity index (χ0n) is 15.6. The van der Waals surface area contributed by atoms with Crippen LogP contribution in [0.4, 0.5) is 0 Å². The minimum absolute atomic E-state index is 0.239. The van der Waals surface area contributed by atoms with E-state index in [4.69, 9.17) is 4.74 Å². The van der Waals surface area contributed by atoms with Gasteiger partial charge in [0.05, 0.1) is 6.61 Å².